The zero-order valence-electron chi connectivity index (χ0n) is 19.2. The molecule has 1 aliphatic rings. The van der Waals surface area contributed by atoms with E-state index in [2.05, 4.69) is 35.9 Å². The van der Waals surface area contributed by atoms with Crippen LogP contribution in [0.3, 0.4) is 0 Å². The van der Waals surface area contributed by atoms with Gasteiger partial charge in [-0.15, -0.1) is 0 Å². The van der Waals surface area contributed by atoms with Gasteiger partial charge in [0.15, 0.2) is 11.5 Å². The van der Waals surface area contributed by atoms with Crippen LogP contribution < -0.4 is 25.4 Å². The molecule has 3 aromatic rings. The molecule has 0 atom stereocenters. The number of carbonyl (C=O) groups is 1. The summed E-state index contributed by atoms with van der Waals surface area (Å²) in [5.74, 6) is 1.60. The molecule has 176 valence electrons. The van der Waals surface area contributed by atoms with Crippen LogP contribution in [0.2, 0.25) is 0 Å². The molecule has 1 aliphatic heterocycles. The molecule has 0 spiro atoms. The topological polar surface area (TPSA) is 150 Å². The summed E-state index contributed by atoms with van der Waals surface area (Å²) < 4.78 is 11.4. The lowest BCUT2D eigenvalue weighted by atomic mass is 10.0. The molecule has 0 saturated heterocycles. The lowest BCUT2D eigenvalue weighted by Crippen LogP contribution is -2.40. The molecule has 0 bridgehead atoms. The van der Waals surface area contributed by atoms with E-state index < -0.39 is 5.91 Å². The van der Waals surface area contributed by atoms with E-state index in [0.717, 1.165) is 0 Å². The van der Waals surface area contributed by atoms with Crippen molar-refractivity contribution in [2.24, 2.45) is 0 Å². The second kappa shape index (κ2) is 10.0. The van der Waals surface area contributed by atoms with Crippen molar-refractivity contribution < 1.29 is 14.3 Å². The van der Waals surface area contributed by atoms with E-state index in [1.54, 1.807) is 43.8 Å². The number of benzene rings is 1. The van der Waals surface area contributed by atoms with Crippen LogP contribution in [-0.2, 0) is 11.3 Å². The van der Waals surface area contributed by atoms with E-state index in [0.29, 0.717) is 58.8 Å². The lowest BCUT2D eigenvalue weighted by molar-refractivity contribution is -0.115. The van der Waals surface area contributed by atoms with Crippen LogP contribution in [0.25, 0.3) is 16.6 Å². The van der Waals surface area contributed by atoms with E-state index in [1.165, 1.54) is 0 Å². The first kappa shape index (κ1) is 22.8. The highest BCUT2D eigenvalue weighted by molar-refractivity contribution is 6.33. The largest absolute Gasteiger partial charge is 0.490 e. The second-order valence-electron chi connectivity index (χ2n) is 7.21. The van der Waals surface area contributed by atoms with Crippen molar-refractivity contribution >= 4 is 28.2 Å². The molecule has 0 fully saturated rings. The van der Waals surface area contributed by atoms with Gasteiger partial charge in [0.25, 0.3) is 5.91 Å². The summed E-state index contributed by atoms with van der Waals surface area (Å²) in [4.78, 5) is 29.4. The van der Waals surface area contributed by atoms with Crippen LogP contribution in [0.5, 0.6) is 11.5 Å². The monoisotopic (exact) mass is 462 g/mol. The summed E-state index contributed by atoms with van der Waals surface area (Å²) in [5.41, 5.74) is 2.24. The van der Waals surface area contributed by atoms with Crippen LogP contribution in [0.4, 0.5) is 0 Å². The summed E-state index contributed by atoms with van der Waals surface area (Å²) >= 11 is 0. The highest BCUT2D eigenvalue weighted by Crippen LogP contribution is 2.33. The van der Waals surface area contributed by atoms with Gasteiger partial charge in [-0.1, -0.05) is 0 Å². The van der Waals surface area contributed by atoms with E-state index in [-0.39, 0.29) is 17.8 Å². The Morgan fingerprint density at radius 2 is 1.82 bits per heavy atom. The van der Waals surface area contributed by atoms with Crippen molar-refractivity contribution in [1.82, 2.24) is 35.9 Å². The van der Waals surface area contributed by atoms with Gasteiger partial charge in [0, 0.05) is 37.8 Å². The molecule has 1 aromatic carbocycles. The number of carbonyl (C=O) groups excluding carboxylic acids is 1. The molecule has 34 heavy (non-hydrogen) atoms. The van der Waals surface area contributed by atoms with Crippen LogP contribution in [0, 0.1) is 5.41 Å². The first-order valence-electron chi connectivity index (χ1n) is 10.9. The smallest absolute Gasteiger partial charge is 0.261 e. The highest BCUT2D eigenvalue weighted by Gasteiger charge is 2.31. The molecule has 11 nitrogen and oxygen atoms in total. The van der Waals surface area contributed by atoms with Crippen molar-refractivity contribution in [1.29, 1.82) is 5.41 Å². The minimum Gasteiger partial charge on any atom is -0.490 e. The van der Waals surface area contributed by atoms with E-state index in [1.807, 2.05) is 13.8 Å². The summed E-state index contributed by atoms with van der Waals surface area (Å²) in [7, 11) is 1.70. The van der Waals surface area contributed by atoms with Crippen molar-refractivity contribution in [3.8, 4) is 11.5 Å². The maximum atomic E-state index is 13.1. The molecule has 0 unspecified atom stereocenters. The highest BCUT2D eigenvalue weighted by atomic mass is 16.5. The Morgan fingerprint density at radius 3 is 2.50 bits per heavy atom. The third-order valence-corrected chi connectivity index (χ3v) is 4.96. The second-order valence-corrected chi connectivity index (χ2v) is 7.21. The van der Waals surface area contributed by atoms with E-state index in [9.17, 15) is 4.79 Å². The SMILES string of the molecule is CCOc1cc2nc(C3=C(NCc4ncccn4)C(=N)/C(=C\NC)NC3=O)[nH]c2cc1OCC. The number of nitrogens with one attached hydrogen (secondary N) is 5. The van der Waals surface area contributed by atoms with Gasteiger partial charge in [-0.25, -0.2) is 15.0 Å². The minimum atomic E-state index is -0.400. The molecule has 0 saturated carbocycles. The third-order valence-electron chi connectivity index (χ3n) is 4.96. The number of amides is 1. The molecule has 0 aliphatic carbocycles. The summed E-state index contributed by atoms with van der Waals surface area (Å²) in [6.07, 6.45) is 4.82. The van der Waals surface area contributed by atoms with Crippen LogP contribution >= 0.6 is 0 Å². The predicted octanol–water partition coefficient (Wildman–Crippen LogP) is 1.86. The number of aromatic nitrogens is 4. The van der Waals surface area contributed by atoms with Gasteiger partial charge in [0.05, 0.1) is 42.2 Å². The Hall–Kier alpha value is -4.41. The predicted molar refractivity (Wildman–Crippen MR) is 127 cm³/mol. The van der Waals surface area contributed by atoms with Crippen LogP contribution in [0.1, 0.15) is 25.5 Å². The maximum absolute atomic E-state index is 13.1. The molecule has 3 heterocycles. The summed E-state index contributed by atoms with van der Waals surface area (Å²) in [5, 5.41) is 17.4. The first-order valence-corrected chi connectivity index (χ1v) is 10.9. The Balaban J connectivity index is 1.81. The number of H-pyrrole nitrogens is 1. The van der Waals surface area contributed by atoms with Gasteiger partial charge >= 0.3 is 0 Å². The van der Waals surface area contributed by atoms with Crippen molar-refractivity contribution in [2.75, 3.05) is 20.3 Å². The normalized spacial score (nSPS) is 15.0. The van der Waals surface area contributed by atoms with Crippen molar-refractivity contribution in [3.05, 3.63) is 59.8 Å². The van der Waals surface area contributed by atoms with E-state index >= 15 is 0 Å². The molecular formula is C23H26N8O3. The average Bonchev–Trinajstić information content (AvgIpc) is 3.23. The Labute approximate surface area is 196 Å². The molecular weight excluding hydrogens is 436 g/mol. The Kier molecular flexibility index (Phi) is 6.72. The zero-order chi connectivity index (χ0) is 24.1. The van der Waals surface area contributed by atoms with Gasteiger partial charge in [-0.05, 0) is 19.9 Å². The van der Waals surface area contributed by atoms with E-state index in [4.69, 9.17) is 14.9 Å². The van der Waals surface area contributed by atoms with Gasteiger partial charge < -0.3 is 30.4 Å². The van der Waals surface area contributed by atoms with Gasteiger partial charge in [0.1, 0.15) is 22.9 Å². The quantitative estimate of drug-likeness (QED) is 0.323. The van der Waals surface area contributed by atoms with Crippen LogP contribution in [0.15, 0.2) is 48.2 Å². The zero-order valence-corrected chi connectivity index (χ0v) is 19.2. The van der Waals surface area contributed by atoms with Crippen LogP contribution in [-0.4, -0.2) is 51.8 Å². The number of fused-ring (bicyclic) bond motifs is 1. The standard InChI is InChI=1S/C23H26N8O3/c1-4-33-16-9-13-14(10-17(16)34-5-2)30-22(29-13)19-21(28-12-18-26-7-6-8-27-18)20(24)15(11-25-3)31-23(19)32/h6-11,24-25,28H,4-5,12H2,1-3H3,(H,29,30)(H,31,32)/b15-11+,24-20?. The molecule has 11 heteroatoms. The fourth-order valence-corrected chi connectivity index (χ4v) is 3.54. The number of hydrogen-bond acceptors (Lipinski definition) is 9. The number of aromatic amines is 1. The van der Waals surface area contributed by atoms with Gasteiger partial charge in [-0.3, -0.25) is 10.2 Å². The number of ether oxygens (including phenoxy) is 2. The lowest BCUT2D eigenvalue weighted by Gasteiger charge is -2.23. The molecule has 0 radical (unpaired) electrons. The average molecular weight is 463 g/mol. The van der Waals surface area contributed by atoms with Crippen molar-refractivity contribution in [2.45, 2.75) is 20.4 Å². The number of nitrogens with zero attached hydrogens (tertiary/aromatic N) is 3. The number of hydrogen-bond donors (Lipinski definition) is 5. The first-order chi connectivity index (χ1) is 16.5. The number of rotatable bonds is 9. The Morgan fingerprint density at radius 1 is 1.12 bits per heavy atom. The maximum Gasteiger partial charge on any atom is 0.261 e. The Bertz CT molecular complexity index is 1240. The minimum absolute atomic E-state index is 0.102. The van der Waals surface area contributed by atoms with Gasteiger partial charge in [0.2, 0.25) is 0 Å². The third kappa shape index (κ3) is 4.53. The van der Waals surface area contributed by atoms with Crippen molar-refractivity contribution in [3.63, 3.8) is 0 Å². The molecule has 5 N–H and O–H groups in total. The summed E-state index contributed by atoms with van der Waals surface area (Å²) in [6, 6.07) is 5.29. The fourth-order valence-electron chi connectivity index (χ4n) is 3.54. The molecule has 4 rings (SSSR count). The number of imidazole rings is 1. The molecule has 2 aromatic heterocycles. The fraction of sp³-hybridized carbons (Fsp3) is 0.261. The molecule has 1 amide bonds. The van der Waals surface area contributed by atoms with Gasteiger partial charge in [-0.2, -0.15) is 0 Å². The summed E-state index contributed by atoms with van der Waals surface area (Å²) in [6.45, 7) is 4.97.